The van der Waals surface area contributed by atoms with Crippen molar-refractivity contribution < 1.29 is 19.1 Å². The molecule has 6 heteroatoms. The second-order valence-electron chi connectivity index (χ2n) is 4.11. The van der Waals surface area contributed by atoms with Crippen LogP contribution < -0.4 is 9.64 Å². The molecule has 0 N–H and O–H groups in total. The van der Waals surface area contributed by atoms with Crippen LogP contribution in [0.15, 0.2) is 36.9 Å². The first-order valence-corrected chi connectivity index (χ1v) is 7.56. The zero-order valence-electron chi connectivity index (χ0n) is 11.9. The standard InChI is InChI=1S/C15H18BrNO4/c1-3-4-5-9-21-13-8-6-7-12(10-13)17(14(18)11-16)15(19)20-2/h3,6-8,10H,1,4-5,9,11H2,2H3. The Kier molecular flexibility index (Phi) is 7.53. The van der Waals surface area contributed by atoms with Gasteiger partial charge >= 0.3 is 6.09 Å². The normalized spacial score (nSPS) is 9.81. The smallest absolute Gasteiger partial charge is 0.420 e. The summed E-state index contributed by atoms with van der Waals surface area (Å²) in [5.41, 5.74) is 0.410. The van der Waals surface area contributed by atoms with Crippen LogP contribution in [0.2, 0.25) is 0 Å². The molecule has 0 heterocycles. The predicted molar refractivity (Wildman–Crippen MR) is 85.1 cm³/mol. The maximum absolute atomic E-state index is 11.8. The number of carbonyl (C=O) groups is 2. The van der Waals surface area contributed by atoms with Crippen LogP contribution in [0.4, 0.5) is 10.5 Å². The van der Waals surface area contributed by atoms with Crippen molar-refractivity contribution >= 4 is 33.6 Å². The SMILES string of the molecule is C=CCCCOc1cccc(N(C(=O)CBr)C(=O)OC)c1. The molecule has 1 aromatic carbocycles. The summed E-state index contributed by atoms with van der Waals surface area (Å²) >= 11 is 3.05. The Morgan fingerprint density at radius 1 is 1.43 bits per heavy atom. The molecule has 0 unspecified atom stereocenters. The van der Waals surface area contributed by atoms with Crippen molar-refractivity contribution in [3.63, 3.8) is 0 Å². The van der Waals surface area contributed by atoms with E-state index in [1.165, 1.54) is 7.11 Å². The predicted octanol–water partition coefficient (Wildman–Crippen LogP) is 3.53. The van der Waals surface area contributed by atoms with Crippen molar-refractivity contribution in [2.45, 2.75) is 12.8 Å². The molecule has 0 saturated heterocycles. The molecule has 0 saturated carbocycles. The third-order valence-electron chi connectivity index (χ3n) is 2.62. The molecule has 0 aliphatic rings. The number of amides is 2. The minimum Gasteiger partial charge on any atom is -0.494 e. The van der Waals surface area contributed by atoms with Gasteiger partial charge in [0.25, 0.3) is 0 Å². The van der Waals surface area contributed by atoms with Gasteiger partial charge in [0.2, 0.25) is 5.91 Å². The molecule has 0 spiro atoms. The second kappa shape index (κ2) is 9.18. The van der Waals surface area contributed by atoms with Crippen molar-refractivity contribution in [3.05, 3.63) is 36.9 Å². The lowest BCUT2D eigenvalue weighted by Crippen LogP contribution is -2.37. The van der Waals surface area contributed by atoms with Gasteiger partial charge in [-0.15, -0.1) is 6.58 Å². The van der Waals surface area contributed by atoms with Crippen molar-refractivity contribution in [3.8, 4) is 5.75 Å². The van der Waals surface area contributed by atoms with Crippen LogP contribution in [-0.2, 0) is 9.53 Å². The molecule has 5 nitrogen and oxygen atoms in total. The zero-order valence-corrected chi connectivity index (χ0v) is 13.5. The molecular weight excluding hydrogens is 338 g/mol. The fourth-order valence-corrected chi connectivity index (χ4v) is 1.88. The average Bonchev–Trinajstić information content (AvgIpc) is 2.51. The average molecular weight is 356 g/mol. The minimum absolute atomic E-state index is 0.0204. The molecule has 21 heavy (non-hydrogen) atoms. The number of unbranched alkanes of at least 4 members (excludes halogenated alkanes) is 1. The number of anilines is 1. The van der Waals surface area contributed by atoms with Crippen molar-refractivity contribution in [2.24, 2.45) is 0 Å². The molecule has 1 rings (SSSR count). The first-order chi connectivity index (χ1) is 10.1. The van der Waals surface area contributed by atoms with Gasteiger partial charge in [0.15, 0.2) is 0 Å². The van der Waals surface area contributed by atoms with Gasteiger partial charge in [-0.05, 0) is 25.0 Å². The highest BCUT2D eigenvalue weighted by atomic mass is 79.9. The van der Waals surface area contributed by atoms with E-state index in [-0.39, 0.29) is 5.33 Å². The number of benzene rings is 1. The first-order valence-electron chi connectivity index (χ1n) is 6.44. The van der Waals surface area contributed by atoms with Crippen molar-refractivity contribution in [1.82, 2.24) is 0 Å². The molecular formula is C15H18BrNO4. The highest BCUT2D eigenvalue weighted by Crippen LogP contribution is 2.22. The summed E-state index contributed by atoms with van der Waals surface area (Å²) in [6.07, 6.45) is 2.82. The van der Waals surface area contributed by atoms with E-state index in [9.17, 15) is 9.59 Å². The van der Waals surface area contributed by atoms with E-state index in [4.69, 9.17) is 4.74 Å². The van der Waals surface area contributed by atoms with Crippen LogP contribution in [0, 0.1) is 0 Å². The van der Waals surface area contributed by atoms with Crippen molar-refractivity contribution in [2.75, 3.05) is 23.9 Å². The molecule has 0 aliphatic carbocycles. The van der Waals surface area contributed by atoms with Crippen LogP contribution in [0.25, 0.3) is 0 Å². The van der Waals surface area contributed by atoms with Gasteiger partial charge in [-0.1, -0.05) is 28.1 Å². The number of hydrogen-bond acceptors (Lipinski definition) is 4. The quantitative estimate of drug-likeness (QED) is 0.426. The molecule has 2 amide bonds. The number of alkyl halides is 1. The van der Waals surface area contributed by atoms with Gasteiger partial charge in [-0.3, -0.25) is 4.79 Å². The fourth-order valence-electron chi connectivity index (χ4n) is 1.63. The molecule has 1 aromatic rings. The lowest BCUT2D eigenvalue weighted by atomic mass is 10.2. The van der Waals surface area contributed by atoms with E-state index in [0.717, 1.165) is 17.7 Å². The maximum Gasteiger partial charge on any atom is 0.420 e. The zero-order chi connectivity index (χ0) is 15.7. The number of rotatable bonds is 7. The number of allylic oxidation sites excluding steroid dienone is 1. The Morgan fingerprint density at radius 2 is 2.19 bits per heavy atom. The molecule has 0 atom stereocenters. The van der Waals surface area contributed by atoms with Crippen molar-refractivity contribution in [1.29, 1.82) is 0 Å². The molecule has 0 radical (unpaired) electrons. The van der Waals surface area contributed by atoms with E-state index in [1.807, 2.05) is 6.08 Å². The number of hydrogen-bond donors (Lipinski definition) is 0. The number of methoxy groups -OCH3 is 1. The summed E-state index contributed by atoms with van der Waals surface area (Å²) in [6.45, 7) is 4.19. The number of carbonyl (C=O) groups excluding carboxylic acids is 2. The van der Waals surface area contributed by atoms with E-state index in [1.54, 1.807) is 24.3 Å². The van der Waals surface area contributed by atoms with Gasteiger partial charge in [0.1, 0.15) is 5.75 Å². The maximum atomic E-state index is 11.8. The number of nitrogens with zero attached hydrogens (tertiary/aromatic N) is 1. The lowest BCUT2D eigenvalue weighted by molar-refractivity contribution is -0.115. The highest BCUT2D eigenvalue weighted by molar-refractivity contribution is 9.09. The van der Waals surface area contributed by atoms with Crippen LogP contribution in [0.5, 0.6) is 5.75 Å². The van der Waals surface area contributed by atoms with Crippen LogP contribution in [-0.4, -0.2) is 31.0 Å². The summed E-state index contributed by atoms with van der Waals surface area (Å²) in [6, 6.07) is 6.76. The highest BCUT2D eigenvalue weighted by Gasteiger charge is 2.23. The third kappa shape index (κ3) is 5.23. The number of ether oxygens (including phenoxy) is 2. The minimum atomic E-state index is -0.733. The van der Waals surface area contributed by atoms with E-state index >= 15 is 0 Å². The summed E-state index contributed by atoms with van der Waals surface area (Å²) in [5, 5.41) is 0.0204. The van der Waals surface area contributed by atoms with E-state index < -0.39 is 12.0 Å². The van der Waals surface area contributed by atoms with Gasteiger partial charge in [0.05, 0.1) is 24.7 Å². The topological polar surface area (TPSA) is 55.8 Å². The van der Waals surface area contributed by atoms with Gasteiger partial charge < -0.3 is 9.47 Å². The third-order valence-corrected chi connectivity index (χ3v) is 3.10. The molecule has 0 bridgehead atoms. The van der Waals surface area contributed by atoms with Crippen LogP contribution >= 0.6 is 15.9 Å². The Morgan fingerprint density at radius 3 is 2.81 bits per heavy atom. The first kappa shape index (κ1) is 17.2. The van der Waals surface area contributed by atoms with Gasteiger partial charge in [-0.2, -0.15) is 0 Å². The second-order valence-corrected chi connectivity index (χ2v) is 4.67. The number of halogens is 1. The van der Waals surface area contributed by atoms with E-state index in [2.05, 4.69) is 27.2 Å². The largest absolute Gasteiger partial charge is 0.494 e. The molecule has 0 aromatic heterocycles. The summed E-state index contributed by atoms with van der Waals surface area (Å²) in [4.78, 5) is 24.5. The molecule has 114 valence electrons. The Hall–Kier alpha value is -1.82. The molecule has 0 fully saturated rings. The van der Waals surface area contributed by atoms with Gasteiger partial charge in [-0.25, -0.2) is 9.69 Å². The lowest BCUT2D eigenvalue weighted by Gasteiger charge is -2.19. The monoisotopic (exact) mass is 355 g/mol. The summed E-state index contributed by atoms with van der Waals surface area (Å²) in [5.74, 6) is 0.179. The van der Waals surface area contributed by atoms with Crippen LogP contribution in [0.1, 0.15) is 12.8 Å². The Bertz CT molecular complexity index is 488. The van der Waals surface area contributed by atoms with E-state index in [0.29, 0.717) is 18.0 Å². The Balaban J connectivity index is 2.86. The Labute approximate surface area is 132 Å². The van der Waals surface area contributed by atoms with Gasteiger partial charge in [0, 0.05) is 6.07 Å². The summed E-state index contributed by atoms with van der Waals surface area (Å²) < 4.78 is 10.2. The fraction of sp³-hybridized carbons (Fsp3) is 0.333. The molecule has 0 aliphatic heterocycles. The number of imide groups is 1. The van der Waals surface area contributed by atoms with Crippen LogP contribution in [0.3, 0.4) is 0 Å². The summed E-state index contributed by atoms with van der Waals surface area (Å²) in [7, 11) is 1.23.